The summed E-state index contributed by atoms with van der Waals surface area (Å²) >= 11 is 0. The Morgan fingerprint density at radius 3 is 2.84 bits per heavy atom. The number of nitrogens with two attached hydrogens (primary N) is 1. The zero-order valence-corrected chi connectivity index (χ0v) is 10.9. The lowest BCUT2D eigenvalue weighted by Gasteiger charge is -2.09. The summed E-state index contributed by atoms with van der Waals surface area (Å²) in [6.07, 6.45) is 1.31. The molecule has 0 unspecified atom stereocenters. The number of aryl methyl sites for hydroxylation is 1. The van der Waals surface area contributed by atoms with Gasteiger partial charge in [0.05, 0.1) is 12.2 Å². The van der Waals surface area contributed by atoms with Gasteiger partial charge in [-0.1, -0.05) is 5.16 Å². The van der Waals surface area contributed by atoms with Crippen molar-refractivity contribution in [2.45, 2.75) is 18.4 Å². The van der Waals surface area contributed by atoms with Crippen LogP contribution < -0.4 is 10.5 Å². The topological polar surface area (TPSA) is 98.2 Å². The van der Waals surface area contributed by atoms with E-state index in [-0.39, 0.29) is 17.8 Å². The molecule has 0 spiro atoms. The monoisotopic (exact) mass is 285 g/mol. The number of hydrogen-bond donors (Lipinski definition) is 2. The minimum atomic E-state index is -4.00. The molecule has 2 rings (SSSR count). The Balaban J connectivity index is 2.29. The Labute approximate surface area is 109 Å². The first-order valence-corrected chi connectivity index (χ1v) is 6.83. The van der Waals surface area contributed by atoms with Gasteiger partial charge in [0.1, 0.15) is 17.0 Å². The highest BCUT2D eigenvalue weighted by atomic mass is 32.2. The van der Waals surface area contributed by atoms with Crippen LogP contribution in [0.4, 0.5) is 10.1 Å². The second-order valence-corrected chi connectivity index (χ2v) is 5.70. The summed E-state index contributed by atoms with van der Waals surface area (Å²) in [5, 5.41) is 3.55. The summed E-state index contributed by atoms with van der Waals surface area (Å²) in [5.41, 5.74) is 6.27. The predicted octanol–water partition coefficient (Wildman–Crippen LogP) is 1.18. The Hall–Kier alpha value is -1.93. The quantitative estimate of drug-likeness (QED) is 0.822. The molecule has 8 heteroatoms. The number of rotatable bonds is 4. The molecular formula is C11H12FN3O3S. The van der Waals surface area contributed by atoms with Gasteiger partial charge in [-0.25, -0.2) is 17.5 Å². The first-order valence-electron chi connectivity index (χ1n) is 5.34. The minimum Gasteiger partial charge on any atom is -0.399 e. The van der Waals surface area contributed by atoms with E-state index in [1.807, 2.05) is 0 Å². The lowest BCUT2D eigenvalue weighted by molar-refractivity contribution is 0.411. The Kier molecular flexibility index (Phi) is 3.54. The molecule has 0 atom stereocenters. The number of benzene rings is 1. The Bertz CT molecular complexity index is 683. The minimum absolute atomic E-state index is 0.0912. The lowest BCUT2D eigenvalue weighted by atomic mass is 10.2. The SMILES string of the molecule is Cc1cc(N)cc(S(=O)(=O)NCc2ccon2)c1F. The first kappa shape index (κ1) is 13.5. The van der Waals surface area contributed by atoms with Gasteiger partial charge < -0.3 is 10.3 Å². The molecule has 102 valence electrons. The molecule has 0 fully saturated rings. The van der Waals surface area contributed by atoms with E-state index in [1.165, 1.54) is 25.3 Å². The van der Waals surface area contributed by atoms with Gasteiger partial charge >= 0.3 is 0 Å². The second-order valence-electron chi connectivity index (χ2n) is 3.97. The van der Waals surface area contributed by atoms with Gasteiger partial charge in [0.15, 0.2) is 0 Å². The van der Waals surface area contributed by atoms with E-state index in [2.05, 4.69) is 14.4 Å². The van der Waals surface area contributed by atoms with E-state index in [9.17, 15) is 12.8 Å². The highest BCUT2D eigenvalue weighted by molar-refractivity contribution is 7.89. The van der Waals surface area contributed by atoms with Crippen LogP contribution in [-0.2, 0) is 16.6 Å². The molecule has 19 heavy (non-hydrogen) atoms. The lowest BCUT2D eigenvalue weighted by Crippen LogP contribution is -2.24. The van der Waals surface area contributed by atoms with Gasteiger partial charge in [-0.05, 0) is 24.6 Å². The van der Waals surface area contributed by atoms with Crippen LogP contribution in [0.25, 0.3) is 0 Å². The molecule has 0 saturated carbocycles. The van der Waals surface area contributed by atoms with Crippen molar-refractivity contribution in [1.29, 1.82) is 0 Å². The van der Waals surface area contributed by atoms with E-state index in [1.54, 1.807) is 0 Å². The Morgan fingerprint density at radius 1 is 1.47 bits per heavy atom. The number of nitrogen functional groups attached to an aromatic ring is 1. The number of halogens is 1. The number of sulfonamides is 1. The van der Waals surface area contributed by atoms with Crippen molar-refractivity contribution >= 4 is 15.7 Å². The average Bonchev–Trinajstić information content (AvgIpc) is 2.84. The van der Waals surface area contributed by atoms with Crippen molar-refractivity contribution in [2.75, 3.05) is 5.73 Å². The summed E-state index contributed by atoms with van der Waals surface area (Å²) in [5.74, 6) is -0.818. The maximum Gasteiger partial charge on any atom is 0.243 e. The number of nitrogens with zero attached hydrogens (tertiary/aromatic N) is 1. The van der Waals surface area contributed by atoms with Crippen LogP contribution in [0.3, 0.4) is 0 Å². The number of anilines is 1. The molecule has 0 aliphatic heterocycles. The van der Waals surface area contributed by atoms with Crippen molar-refractivity contribution in [1.82, 2.24) is 9.88 Å². The molecule has 1 heterocycles. The average molecular weight is 285 g/mol. The van der Waals surface area contributed by atoms with Crippen LogP contribution in [0.15, 0.2) is 33.9 Å². The van der Waals surface area contributed by atoms with Crippen LogP contribution in [0.1, 0.15) is 11.3 Å². The molecular weight excluding hydrogens is 273 g/mol. The van der Waals surface area contributed by atoms with Gasteiger partial charge in [0.25, 0.3) is 0 Å². The fourth-order valence-electron chi connectivity index (χ4n) is 1.54. The normalized spacial score (nSPS) is 11.7. The third-order valence-corrected chi connectivity index (χ3v) is 3.87. The molecule has 3 N–H and O–H groups in total. The standard InChI is InChI=1S/C11H12FN3O3S/c1-7-4-8(13)5-10(11(7)12)19(16,17)14-6-9-2-3-18-15-9/h2-5,14H,6,13H2,1H3. The van der Waals surface area contributed by atoms with Crippen LogP contribution in [0, 0.1) is 12.7 Å². The highest BCUT2D eigenvalue weighted by Gasteiger charge is 2.21. The van der Waals surface area contributed by atoms with Crippen LogP contribution in [-0.4, -0.2) is 13.6 Å². The molecule has 0 saturated heterocycles. The van der Waals surface area contributed by atoms with Crippen molar-refractivity contribution in [3.63, 3.8) is 0 Å². The van der Waals surface area contributed by atoms with E-state index in [4.69, 9.17) is 5.73 Å². The predicted molar refractivity (Wildman–Crippen MR) is 66.1 cm³/mol. The summed E-state index contributed by atoms with van der Waals surface area (Å²) in [6, 6.07) is 3.95. The van der Waals surface area contributed by atoms with Crippen LogP contribution in [0.2, 0.25) is 0 Å². The summed E-state index contributed by atoms with van der Waals surface area (Å²) in [7, 11) is -4.00. The molecule has 1 aromatic heterocycles. The van der Waals surface area contributed by atoms with Crippen molar-refractivity contribution in [3.8, 4) is 0 Å². The smallest absolute Gasteiger partial charge is 0.243 e. The zero-order valence-electron chi connectivity index (χ0n) is 10.1. The molecule has 0 aliphatic carbocycles. The van der Waals surface area contributed by atoms with Gasteiger partial charge in [-0.3, -0.25) is 0 Å². The molecule has 6 nitrogen and oxygen atoms in total. The molecule has 2 aromatic rings. The van der Waals surface area contributed by atoms with E-state index < -0.39 is 20.7 Å². The highest BCUT2D eigenvalue weighted by Crippen LogP contribution is 2.21. The van der Waals surface area contributed by atoms with Crippen LogP contribution >= 0.6 is 0 Å². The molecule has 0 radical (unpaired) electrons. The van der Waals surface area contributed by atoms with Crippen molar-refractivity contribution in [3.05, 3.63) is 41.5 Å². The summed E-state index contributed by atoms with van der Waals surface area (Å²) in [6.45, 7) is 1.36. The second kappa shape index (κ2) is 4.98. The fourth-order valence-corrected chi connectivity index (χ4v) is 2.72. The zero-order chi connectivity index (χ0) is 14.0. The van der Waals surface area contributed by atoms with Gasteiger partial charge in [-0.2, -0.15) is 0 Å². The maximum absolute atomic E-state index is 13.8. The maximum atomic E-state index is 13.8. The number of hydrogen-bond acceptors (Lipinski definition) is 5. The molecule has 1 aromatic carbocycles. The van der Waals surface area contributed by atoms with Gasteiger partial charge in [0.2, 0.25) is 10.0 Å². The summed E-state index contributed by atoms with van der Waals surface area (Å²) in [4.78, 5) is -0.478. The number of aromatic nitrogens is 1. The largest absolute Gasteiger partial charge is 0.399 e. The summed E-state index contributed by atoms with van der Waals surface area (Å²) < 4.78 is 44.6. The van der Waals surface area contributed by atoms with Gasteiger partial charge in [0, 0.05) is 11.8 Å². The third-order valence-electron chi connectivity index (χ3n) is 2.47. The first-order chi connectivity index (χ1) is 8.90. The van der Waals surface area contributed by atoms with E-state index in [0.717, 1.165) is 6.07 Å². The Morgan fingerprint density at radius 2 is 2.21 bits per heavy atom. The van der Waals surface area contributed by atoms with Gasteiger partial charge in [-0.15, -0.1) is 0 Å². The third kappa shape index (κ3) is 2.91. The van der Waals surface area contributed by atoms with Crippen molar-refractivity contribution in [2.24, 2.45) is 0 Å². The fraction of sp³-hybridized carbons (Fsp3) is 0.182. The number of nitrogens with one attached hydrogen (secondary N) is 1. The molecule has 0 aliphatic rings. The molecule has 0 bridgehead atoms. The van der Waals surface area contributed by atoms with E-state index in [0.29, 0.717) is 5.69 Å². The van der Waals surface area contributed by atoms with Crippen molar-refractivity contribution < 1.29 is 17.3 Å². The van der Waals surface area contributed by atoms with E-state index >= 15 is 0 Å². The van der Waals surface area contributed by atoms with Crippen LogP contribution in [0.5, 0.6) is 0 Å². The molecule has 0 amide bonds.